The molecule has 7 nitrogen and oxygen atoms in total. The second kappa shape index (κ2) is 6.87. The van der Waals surface area contributed by atoms with Crippen molar-refractivity contribution in [3.8, 4) is 17.0 Å². The highest BCUT2D eigenvalue weighted by Crippen LogP contribution is 2.36. The van der Waals surface area contributed by atoms with Crippen LogP contribution in [0.5, 0.6) is 5.75 Å². The Morgan fingerprint density at radius 3 is 2.62 bits per heavy atom. The summed E-state index contributed by atoms with van der Waals surface area (Å²) in [5, 5.41) is 8.66. The predicted octanol–water partition coefficient (Wildman–Crippen LogP) is 2.96. The van der Waals surface area contributed by atoms with Crippen LogP contribution in [0.25, 0.3) is 11.3 Å². The van der Waals surface area contributed by atoms with E-state index in [1.54, 1.807) is 16.7 Å². The molecule has 1 aliphatic heterocycles. The van der Waals surface area contributed by atoms with Crippen molar-refractivity contribution in [3.63, 3.8) is 0 Å². The van der Waals surface area contributed by atoms with Gasteiger partial charge >= 0.3 is 6.09 Å². The van der Waals surface area contributed by atoms with Crippen molar-refractivity contribution >= 4 is 11.9 Å². The highest BCUT2D eigenvalue weighted by molar-refractivity contribution is 5.93. The highest BCUT2D eigenvalue weighted by atomic mass is 16.6. The van der Waals surface area contributed by atoms with E-state index in [0.29, 0.717) is 37.0 Å². The Labute approximate surface area is 150 Å². The second-order valence-corrected chi connectivity index (χ2v) is 5.87. The fourth-order valence-corrected chi connectivity index (χ4v) is 3.04. The minimum absolute atomic E-state index is 0.348. The number of methoxy groups -OCH3 is 1. The van der Waals surface area contributed by atoms with Crippen molar-refractivity contribution < 1.29 is 14.3 Å². The monoisotopic (exact) mass is 350 g/mol. The molecule has 4 rings (SSSR count). The normalized spacial score (nSPS) is 13.7. The van der Waals surface area contributed by atoms with Gasteiger partial charge in [-0.1, -0.05) is 47.7 Å². The molecule has 0 N–H and O–H groups in total. The summed E-state index contributed by atoms with van der Waals surface area (Å²) in [5.41, 5.74) is 2.44. The SMILES string of the molecule is COc1ccccc1-c1nnn(Cc2ccccc2)c1N1CCOC1=O. The van der Waals surface area contributed by atoms with Gasteiger partial charge in [0.1, 0.15) is 18.1 Å². The molecule has 0 atom stereocenters. The molecule has 2 heterocycles. The van der Waals surface area contributed by atoms with Gasteiger partial charge < -0.3 is 9.47 Å². The lowest BCUT2D eigenvalue weighted by Gasteiger charge is -2.16. The smallest absolute Gasteiger partial charge is 0.415 e. The van der Waals surface area contributed by atoms with Crippen molar-refractivity contribution in [2.45, 2.75) is 6.54 Å². The maximum atomic E-state index is 12.2. The third-order valence-corrected chi connectivity index (χ3v) is 4.26. The third-order valence-electron chi connectivity index (χ3n) is 4.26. The molecule has 0 radical (unpaired) electrons. The van der Waals surface area contributed by atoms with Crippen LogP contribution in [0.15, 0.2) is 54.6 Å². The average Bonchev–Trinajstić information content (AvgIpc) is 3.28. The van der Waals surface area contributed by atoms with E-state index < -0.39 is 6.09 Å². The summed E-state index contributed by atoms with van der Waals surface area (Å²) in [6.07, 6.45) is -0.391. The molecule has 1 amide bonds. The van der Waals surface area contributed by atoms with Gasteiger partial charge in [0.05, 0.1) is 20.2 Å². The number of para-hydroxylation sites is 1. The zero-order valence-electron chi connectivity index (χ0n) is 14.3. The predicted molar refractivity (Wildman–Crippen MR) is 96.2 cm³/mol. The molecule has 1 fully saturated rings. The number of amides is 1. The van der Waals surface area contributed by atoms with Gasteiger partial charge in [-0.05, 0) is 17.7 Å². The molecule has 132 valence electrons. The number of nitrogens with zero attached hydrogens (tertiary/aromatic N) is 4. The van der Waals surface area contributed by atoms with E-state index in [0.717, 1.165) is 11.1 Å². The molecule has 1 saturated heterocycles. The van der Waals surface area contributed by atoms with Crippen molar-refractivity contribution in [1.82, 2.24) is 15.0 Å². The summed E-state index contributed by atoms with van der Waals surface area (Å²) in [5.74, 6) is 1.29. The van der Waals surface area contributed by atoms with Crippen LogP contribution >= 0.6 is 0 Å². The number of anilines is 1. The van der Waals surface area contributed by atoms with Crippen LogP contribution in [0.1, 0.15) is 5.56 Å². The number of hydrogen-bond donors (Lipinski definition) is 0. The van der Waals surface area contributed by atoms with Crippen molar-refractivity contribution in [1.29, 1.82) is 0 Å². The first-order valence-electron chi connectivity index (χ1n) is 8.33. The summed E-state index contributed by atoms with van der Waals surface area (Å²) in [7, 11) is 1.61. The molecule has 0 bridgehead atoms. The lowest BCUT2D eigenvalue weighted by molar-refractivity contribution is 0.181. The summed E-state index contributed by atoms with van der Waals surface area (Å²) in [6.45, 7) is 1.31. The zero-order valence-corrected chi connectivity index (χ0v) is 14.3. The molecule has 0 spiro atoms. The Morgan fingerprint density at radius 1 is 1.12 bits per heavy atom. The number of cyclic esters (lactones) is 1. The molecule has 3 aromatic rings. The van der Waals surface area contributed by atoms with Crippen LogP contribution in [0.4, 0.5) is 10.6 Å². The maximum absolute atomic E-state index is 12.2. The number of hydrogen-bond acceptors (Lipinski definition) is 5. The van der Waals surface area contributed by atoms with E-state index in [-0.39, 0.29) is 0 Å². The second-order valence-electron chi connectivity index (χ2n) is 5.87. The van der Waals surface area contributed by atoms with Crippen LogP contribution < -0.4 is 9.64 Å². The largest absolute Gasteiger partial charge is 0.496 e. The van der Waals surface area contributed by atoms with Crippen LogP contribution in [0, 0.1) is 0 Å². The Kier molecular flexibility index (Phi) is 4.27. The van der Waals surface area contributed by atoms with Gasteiger partial charge in [0.2, 0.25) is 0 Å². The van der Waals surface area contributed by atoms with Gasteiger partial charge in [-0.15, -0.1) is 5.10 Å². The van der Waals surface area contributed by atoms with E-state index in [1.165, 1.54) is 0 Å². The van der Waals surface area contributed by atoms with Crippen molar-refractivity contribution in [2.75, 3.05) is 25.2 Å². The Morgan fingerprint density at radius 2 is 1.88 bits per heavy atom. The first-order valence-corrected chi connectivity index (χ1v) is 8.33. The van der Waals surface area contributed by atoms with Crippen LogP contribution in [-0.4, -0.2) is 41.3 Å². The molecule has 0 aliphatic carbocycles. The van der Waals surface area contributed by atoms with Gasteiger partial charge in [0, 0.05) is 5.56 Å². The molecule has 1 aromatic heterocycles. The Hall–Kier alpha value is -3.35. The molecular formula is C19H18N4O3. The van der Waals surface area contributed by atoms with Crippen LogP contribution in [0.2, 0.25) is 0 Å². The number of benzene rings is 2. The fraction of sp³-hybridized carbons (Fsp3) is 0.211. The highest BCUT2D eigenvalue weighted by Gasteiger charge is 2.31. The lowest BCUT2D eigenvalue weighted by atomic mass is 10.1. The molecular weight excluding hydrogens is 332 g/mol. The first kappa shape index (κ1) is 16.1. The Balaban J connectivity index is 1.83. The van der Waals surface area contributed by atoms with Gasteiger partial charge in [-0.2, -0.15) is 0 Å². The van der Waals surface area contributed by atoms with Gasteiger partial charge in [0.15, 0.2) is 5.82 Å². The number of rotatable bonds is 5. The van der Waals surface area contributed by atoms with Crippen LogP contribution in [0.3, 0.4) is 0 Å². The van der Waals surface area contributed by atoms with E-state index in [2.05, 4.69) is 10.3 Å². The molecule has 0 saturated carbocycles. The van der Waals surface area contributed by atoms with Gasteiger partial charge in [0.25, 0.3) is 0 Å². The van der Waals surface area contributed by atoms with E-state index in [1.807, 2.05) is 54.6 Å². The quantitative estimate of drug-likeness (QED) is 0.708. The van der Waals surface area contributed by atoms with Crippen LogP contribution in [-0.2, 0) is 11.3 Å². The number of carbonyl (C=O) groups excluding carboxylic acids is 1. The average molecular weight is 350 g/mol. The zero-order chi connectivity index (χ0) is 17.9. The lowest BCUT2D eigenvalue weighted by Crippen LogP contribution is -2.27. The van der Waals surface area contributed by atoms with Gasteiger partial charge in [-0.25, -0.2) is 9.48 Å². The van der Waals surface area contributed by atoms with E-state index in [9.17, 15) is 4.79 Å². The number of aromatic nitrogens is 3. The summed E-state index contributed by atoms with van der Waals surface area (Å²) < 4.78 is 12.3. The topological polar surface area (TPSA) is 69.5 Å². The minimum Gasteiger partial charge on any atom is -0.496 e. The Bertz CT molecular complexity index is 924. The summed E-state index contributed by atoms with van der Waals surface area (Å²) in [4.78, 5) is 13.8. The third kappa shape index (κ3) is 2.88. The van der Waals surface area contributed by atoms with Crippen molar-refractivity contribution in [3.05, 3.63) is 60.2 Å². The molecule has 26 heavy (non-hydrogen) atoms. The standard InChI is InChI=1S/C19H18N4O3/c1-25-16-10-6-5-9-15(16)17-18(22-11-12-26-19(22)24)23(21-20-17)13-14-7-3-2-4-8-14/h2-10H,11-13H2,1H3. The summed E-state index contributed by atoms with van der Waals surface area (Å²) in [6, 6.07) is 17.5. The van der Waals surface area contributed by atoms with Gasteiger partial charge in [-0.3, -0.25) is 4.90 Å². The maximum Gasteiger partial charge on any atom is 0.415 e. The summed E-state index contributed by atoms with van der Waals surface area (Å²) >= 11 is 0. The fourth-order valence-electron chi connectivity index (χ4n) is 3.04. The molecule has 1 aliphatic rings. The number of carbonyl (C=O) groups is 1. The number of ether oxygens (including phenoxy) is 2. The van der Waals surface area contributed by atoms with E-state index >= 15 is 0 Å². The molecule has 2 aromatic carbocycles. The molecule has 0 unspecified atom stereocenters. The first-order chi connectivity index (χ1) is 12.8. The minimum atomic E-state index is -0.391. The van der Waals surface area contributed by atoms with E-state index in [4.69, 9.17) is 9.47 Å². The van der Waals surface area contributed by atoms with Crippen molar-refractivity contribution in [2.24, 2.45) is 0 Å². The molecule has 7 heteroatoms.